The molecule has 0 bridgehead atoms. The molecule has 0 radical (unpaired) electrons. The van der Waals surface area contributed by atoms with Crippen LogP contribution in [0.3, 0.4) is 0 Å². The molecule has 2 heterocycles. The van der Waals surface area contributed by atoms with Gasteiger partial charge in [0.15, 0.2) is 28.9 Å². The molecule has 3 aromatic rings. The van der Waals surface area contributed by atoms with Crippen LogP contribution in [0.25, 0.3) is 5.65 Å². The highest BCUT2D eigenvalue weighted by molar-refractivity contribution is 5.79. The van der Waals surface area contributed by atoms with E-state index in [0.29, 0.717) is 6.54 Å². The lowest BCUT2D eigenvalue weighted by atomic mass is 10.1. The molecule has 2 aromatic heterocycles. The summed E-state index contributed by atoms with van der Waals surface area (Å²) in [5, 5.41) is 15.0. The quantitative estimate of drug-likeness (QED) is 0.352. The number of hydrogen-bond acceptors (Lipinski definition) is 5. The smallest absolute Gasteiger partial charge is 0.191 e. The standard InChI is InChI=1S/C20H26N6O2/c1-21-20(23-14-19-25-24-18-8-4-5-12-26(18)19)22-11-6-7-15-9-10-16(27-2)17(13-15)28-3/h4-5,8-10,12-13H,6-7,11,14H2,1-3H3,(H2,21,22,23). The van der Waals surface area contributed by atoms with Crippen molar-refractivity contribution in [2.75, 3.05) is 27.8 Å². The average Bonchev–Trinajstić information content (AvgIpc) is 3.16. The van der Waals surface area contributed by atoms with Crippen molar-refractivity contribution in [3.05, 3.63) is 54.0 Å². The SMILES string of the molecule is CN=C(NCCCc1ccc(OC)c(OC)c1)NCc1nnc2ccccn12. The lowest BCUT2D eigenvalue weighted by molar-refractivity contribution is 0.354. The maximum atomic E-state index is 5.35. The average molecular weight is 382 g/mol. The van der Waals surface area contributed by atoms with Crippen LogP contribution in [-0.4, -0.2) is 48.4 Å². The normalized spacial score (nSPS) is 11.5. The van der Waals surface area contributed by atoms with Crippen LogP contribution in [0.4, 0.5) is 0 Å². The van der Waals surface area contributed by atoms with Crippen LogP contribution in [0.1, 0.15) is 17.8 Å². The molecular formula is C20H26N6O2. The van der Waals surface area contributed by atoms with Crippen molar-refractivity contribution in [3.8, 4) is 11.5 Å². The number of aryl methyl sites for hydroxylation is 1. The van der Waals surface area contributed by atoms with Gasteiger partial charge in [-0.15, -0.1) is 10.2 Å². The van der Waals surface area contributed by atoms with Crippen molar-refractivity contribution in [1.29, 1.82) is 0 Å². The van der Waals surface area contributed by atoms with E-state index in [-0.39, 0.29) is 0 Å². The van der Waals surface area contributed by atoms with Gasteiger partial charge in [0.25, 0.3) is 0 Å². The highest BCUT2D eigenvalue weighted by Gasteiger charge is 2.06. The van der Waals surface area contributed by atoms with Crippen molar-refractivity contribution in [1.82, 2.24) is 25.2 Å². The minimum atomic E-state index is 0.542. The Balaban J connectivity index is 1.46. The molecule has 0 saturated carbocycles. The predicted octanol–water partition coefficient (Wildman–Crippen LogP) is 2.04. The third-order valence-corrected chi connectivity index (χ3v) is 4.40. The minimum absolute atomic E-state index is 0.542. The van der Waals surface area contributed by atoms with Gasteiger partial charge < -0.3 is 20.1 Å². The zero-order valence-electron chi connectivity index (χ0n) is 16.5. The number of hydrogen-bond donors (Lipinski definition) is 2. The van der Waals surface area contributed by atoms with Crippen LogP contribution in [0.15, 0.2) is 47.6 Å². The lowest BCUT2D eigenvalue weighted by Gasteiger charge is -2.12. The zero-order chi connectivity index (χ0) is 19.8. The Hall–Kier alpha value is -3.29. The molecule has 8 nitrogen and oxygen atoms in total. The first-order valence-corrected chi connectivity index (χ1v) is 9.19. The Bertz CT molecular complexity index is 937. The number of rotatable bonds is 8. The summed E-state index contributed by atoms with van der Waals surface area (Å²) in [5.41, 5.74) is 2.04. The van der Waals surface area contributed by atoms with E-state index < -0.39 is 0 Å². The number of ether oxygens (including phenoxy) is 2. The van der Waals surface area contributed by atoms with E-state index in [9.17, 15) is 0 Å². The molecule has 0 amide bonds. The van der Waals surface area contributed by atoms with Gasteiger partial charge in [-0.05, 0) is 42.7 Å². The second-order valence-corrected chi connectivity index (χ2v) is 6.19. The number of benzene rings is 1. The van der Waals surface area contributed by atoms with Gasteiger partial charge >= 0.3 is 0 Å². The highest BCUT2D eigenvalue weighted by Crippen LogP contribution is 2.27. The summed E-state index contributed by atoms with van der Waals surface area (Å²) in [7, 11) is 5.05. The monoisotopic (exact) mass is 382 g/mol. The first kappa shape index (κ1) is 19.5. The molecule has 3 rings (SSSR count). The maximum Gasteiger partial charge on any atom is 0.191 e. The number of aliphatic imine (C=N–C) groups is 1. The maximum absolute atomic E-state index is 5.35. The van der Waals surface area contributed by atoms with Crippen molar-refractivity contribution in [2.45, 2.75) is 19.4 Å². The van der Waals surface area contributed by atoms with E-state index in [4.69, 9.17) is 9.47 Å². The molecule has 0 aliphatic carbocycles. The topological polar surface area (TPSA) is 85.1 Å². The molecular weight excluding hydrogens is 356 g/mol. The van der Waals surface area contributed by atoms with Gasteiger partial charge in [0.2, 0.25) is 0 Å². The number of nitrogens with zero attached hydrogens (tertiary/aromatic N) is 4. The Kier molecular flexibility index (Phi) is 6.67. The Morgan fingerprint density at radius 1 is 1.07 bits per heavy atom. The van der Waals surface area contributed by atoms with Crippen LogP contribution in [0.5, 0.6) is 11.5 Å². The van der Waals surface area contributed by atoms with E-state index in [1.54, 1.807) is 21.3 Å². The Morgan fingerprint density at radius 2 is 1.93 bits per heavy atom. The van der Waals surface area contributed by atoms with Crippen molar-refractivity contribution in [3.63, 3.8) is 0 Å². The van der Waals surface area contributed by atoms with Gasteiger partial charge in [-0.3, -0.25) is 9.39 Å². The van der Waals surface area contributed by atoms with Crippen LogP contribution < -0.4 is 20.1 Å². The largest absolute Gasteiger partial charge is 0.493 e. The third-order valence-electron chi connectivity index (χ3n) is 4.40. The van der Waals surface area contributed by atoms with Crippen LogP contribution >= 0.6 is 0 Å². The molecule has 0 saturated heterocycles. The van der Waals surface area contributed by atoms with Gasteiger partial charge in [-0.25, -0.2) is 0 Å². The van der Waals surface area contributed by atoms with Gasteiger partial charge in [0.05, 0.1) is 20.8 Å². The summed E-state index contributed by atoms with van der Waals surface area (Å²) in [6.07, 6.45) is 3.84. The van der Waals surface area contributed by atoms with Crippen LogP contribution in [0.2, 0.25) is 0 Å². The van der Waals surface area contributed by atoms with Gasteiger partial charge in [0.1, 0.15) is 0 Å². The lowest BCUT2D eigenvalue weighted by Crippen LogP contribution is -2.37. The van der Waals surface area contributed by atoms with E-state index >= 15 is 0 Å². The van der Waals surface area contributed by atoms with E-state index in [1.165, 1.54) is 5.56 Å². The molecule has 0 fully saturated rings. The number of pyridine rings is 1. The van der Waals surface area contributed by atoms with Crippen molar-refractivity contribution >= 4 is 11.6 Å². The zero-order valence-corrected chi connectivity index (χ0v) is 16.5. The fourth-order valence-electron chi connectivity index (χ4n) is 2.93. The summed E-state index contributed by atoms with van der Waals surface area (Å²) in [6.45, 7) is 1.34. The van der Waals surface area contributed by atoms with Crippen molar-refractivity contribution in [2.24, 2.45) is 4.99 Å². The summed E-state index contributed by atoms with van der Waals surface area (Å²) >= 11 is 0. The van der Waals surface area contributed by atoms with Gasteiger partial charge in [-0.1, -0.05) is 12.1 Å². The summed E-state index contributed by atoms with van der Waals surface area (Å²) in [4.78, 5) is 4.26. The van der Waals surface area contributed by atoms with Crippen LogP contribution in [-0.2, 0) is 13.0 Å². The first-order chi connectivity index (χ1) is 13.7. The number of aromatic nitrogens is 3. The fourth-order valence-corrected chi connectivity index (χ4v) is 2.93. The molecule has 0 unspecified atom stereocenters. The number of nitrogens with one attached hydrogen (secondary N) is 2. The van der Waals surface area contributed by atoms with E-state index in [2.05, 4.69) is 31.9 Å². The van der Waals surface area contributed by atoms with E-state index in [1.807, 2.05) is 40.9 Å². The number of fused-ring (bicyclic) bond motifs is 1. The summed E-state index contributed by atoms with van der Waals surface area (Å²) < 4.78 is 12.6. The number of methoxy groups -OCH3 is 2. The first-order valence-electron chi connectivity index (χ1n) is 9.19. The third kappa shape index (κ3) is 4.70. The minimum Gasteiger partial charge on any atom is -0.493 e. The van der Waals surface area contributed by atoms with E-state index in [0.717, 1.165) is 48.3 Å². The number of guanidine groups is 1. The molecule has 28 heavy (non-hydrogen) atoms. The van der Waals surface area contributed by atoms with Crippen molar-refractivity contribution < 1.29 is 9.47 Å². The van der Waals surface area contributed by atoms with Gasteiger partial charge in [-0.2, -0.15) is 0 Å². The highest BCUT2D eigenvalue weighted by atomic mass is 16.5. The second-order valence-electron chi connectivity index (χ2n) is 6.19. The predicted molar refractivity (Wildman–Crippen MR) is 109 cm³/mol. The molecule has 2 N–H and O–H groups in total. The molecule has 8 heteroatoms. The fraction of sp³-hybridized carbons (Fsp3) is 0.350. The molecule has 1 aromatic carbocycles. The summed E-state index contributed by atoms with van der Waals surface area (Å²) in [5.74, 6) is 3.07. The van der Waals surface area contributed by atoms with Gasteiger partial charge in [0, 0.05) is 19.8 Å². The molecule has 0 atom stereocenters. The molecule has 0 spiro atoms. The Morgan fingerprint density at radius 3 is 2.71 bits per heavy atom. The Labute approximate surface area is 164 Å². The molecule has 0 aliphatic rings. The second kappa shape index (κ2) is 9.59. The molecule has 0 aliphatic heterocycles. The molecule has 148 valence electrons. The van der Waals surface area contributed by atoms with Crippen LogP contribution in [0, 0.1) is 0 Å². The summed E-state index contributed by atoms with van der Waals surface area (Å²) in [6, 6.07) is 11.8.